The van der Waals surface area contributed by atoms with Gasteiger partial charge in [-0.05, 0) is 42.8 Å². The van der Waals surface area contributed by atoms with Gasteiger partial charge in [0.25, 0.3) is 0 Å². The number of methoxy groups -OCH3 is 1. The van der Waals surface area contributed by atoms with Crippen LogP contribution in [0.25, 0.3) is 0 Å². The van der Waals surface area contributed by atoms with Crippen molar-refractivity contribution in [3.05, 3.63) is 54.1 Å². The van der Waals surface area contributed by atoms with Crippen molar-refractivity contribution in [2.45, 2.75) is 6.92 Å². The Morgan fingerprint density at radius 3 is 2.25 bits per heavy atom. The molecule has 0 unspecified atom stereocenters. The van der Waals surface area contributed by atoms with E-state index in [4.69, 9.17) is 4.74 Å². The van der Waals surface area contributed by atoms with E-state index >= 15 is 0 Å². The number of aryl methyl sites for hydroxylation is 1. The van der Waals surface area contributed by atoms with E-state index in [1.165, 1.54) is 7.11 Å². The Labute approximate surface area is 141 Å². The maximum Gasteiger partial charge on any atom is 0.250 e. The van der Waals surface area contributed by atoms with E-state index in [-0.39, 0.29) is 25.0 Å². The third-order valence-electron chi connectivity index (χ3n) is 3.18. The summed E-state index contributed by atoms with van der Waals surface area (Å²) in [4.78, 5) is 23.5. The van der Waals surface area contributed by atoms with E-state index in [0.717, 1.165) is 16.9 Å². The molecule has 0 heterocycles. The molecule has 0 aromatic heterocycles. The highest BCUT2D eigenvalue weighted by atomic mass is 16.5. The summed E-state index contributed by atoms with van der Waals surface area (Å²) in [6.07, 6.45) is 0. The smallest absolute Gasteiger partial charge is 0.250 e. The zero-order chi connectivity index (χ0) is 17.4. The number of carbonyl (C=O) groups excluding carboxylic acids is 2. The number of amides is 2. The van der Waals surface area contributed by atoms with Gasteiger partial charge in [-0.3, -0.25) is 9.59 Å². The van der Waals surface area contributed by atoms with E-state index in [0.29, 0.717) is 5.69 Å². The summed E-state index contributed by atoms with van der Waals surface area (Å²) in [5.41, 5.74) is 3.23. The van der Waals surface area contributed by atoms with Gasteiger partial charge in [0, 0.05) is 24.2 Å². The number of ether oxygens (including phenoxy) is 1. The minimum atomic E-state index is -0.230. The monoisotopic (exact) mass is 327 g/mol. The molecule has 3 N–H and O–H groups in total. The molecule has 0 saturated heterocycles. The van der Waals surface area contributed by atoms with Gasteiger partial charge in [-0.1, -0.05) is 18.2 Å². The van der Waals surface area contributed by atoms with Gasteiger partial charge < -0.3 is 20.7 Å². The highest BCUT2D eigenvalue weighted by Gasteiger charge is 2.05. The number of benzene rings is 2. The first-order valence-electron chi connectivity index (χ1n) is 7.56. The normalized spacial score (nSPS) is 10.1. The molecule has 0 atom stereocenters. The second kappa shape index (κ2) is 8.69. The van der Waals surface area contributed by atoms with Gasteiger partial charge in [-0.2, -0.15) is 0 Å². The molecule has 0 aliphatic rings. The molecule has 6 heteroatoms. The SMILES string of the molecule is COCC(=O)Nc1cccc(NCC(=O)Nc2cccc(C)c2)c1. The number of hydrogen-bond donors (Lipinski definition) is 3. The first-order valence-corrected chi connectivity index (χ1v) is 7.56. The van der Waals surface area contributed by atoms with Crippen LogP contribution in [0.5, 0.6) is 0 Å². The van der Waals surface area contributed by atoms with Gasteiger partial charge in [0.15, 0.2) is 0 Å². The van der Waals surface area contributed by atoms with Gasteiger partial charge in [0.2, 0.25) is 11.8 Å². The van der Waals surface area contributed by atoms with Crippen LogP contribution in [0.4, 0.5) is 17.1 Å². The molecular formula is C18H21N3O3. The van der Waals surface area contributed by atoms with Crippen LogP contribution in [0.1, 0.15) is 5.56 Å². The molecule has 6 nitrogen and oxygen atoms in total. The van der Waals surface area contributed by atoms with Crippen molar-refractivity contribution in [2.24, 2.45) is 0 Å². The molecule has 0 saturated carbocycles. The van der Waals surface area contributed by atoms with Crippen LogP contribution in [-0.4, -0.2) is 32.1 Å². The number of hydrogen-bond acceptors (Lipinski definition) is 4. The summed E-state index contributed by atoms with van der Waals surface area (Å²) >= 11 is 0. The first kappa shape index (κ1) is 17.5. The van der Waals surface area contributed by atoms with Crippen LogP contribution in [-0.2, 0) is 14.3 Å². The lowest BCUT2D eigenvalue weighted by atomic mass is 10.2. The summed E-state index contributed by atoms with van der Waals surface area (Å²) < 4.78 is 4.77. The minimum Gasteiger partial charge on any atom is -0.376 e. The Morgan fingerprint density at radius 2 is 1.54 bits per heavy atom. The van der Waals surface area contributed by atoms with Gasteiger partial charge >= 0.3 is 0 Å². The lowest BCUT2D eigenvalue weighted by molar-refractivity contribution is -0.119. The van der Waals surface area contributed by atoms with E-state index in [9.17, 15) is 9.59 Å². The van der Waals surface area contributed by atoms with Gasteiger partial charge in [-0.25, -0.2) is 0 Å². The topological polar surface area (TPSA) is 79.5 Å². The fourth-order valence-corrected chi connectivity index (χ4v) is 2.15. The van der Waals surface area contributed by atoms with Crippen molar-refractivity contribution < 1.29 is 14.3 Å². The van der Waals surface area contributed by atoms with Gasteiger partial charge in [-0.15, -0.1) is 0 Å². The molecule has 0 aliphatic carbocycles. The Balaban J connectivity index is 1.87. The Hall–Kier alpha value is -2.86. The van der Waals surface area contributed by atoms with Crippen molar-refractivity contribution >= 4 is 28.9 Å². The number of anilines is 3. The van der Waals surface area contributed by atoms with E-state index in [2.05, 4.69) is 16.0 Å². The second-order valence-electron chi connectivity index (χ2n) is 5.33. The van der Waals surface area contributed by atoms with Crippen molar-refractivity contribution in [2.75, 3.05) is 36.2 Å². The lowest BCUT2D eigenvalue weighted by Crippen LogP contribution is -2.22. The van der Waals surface area contributed by atoms with Crippen LogP contribution in [0, 0.1) is 6.92 Å². The Kier molecular flexibility index (Phi) is 6.33. The van der Waals surface area contributed by atoms with Crippen LogP contribution in [0.2, 0.25) is 0 Å². The molecule has 24 heavy (non-hydrogen) atoms. The van der Waals surface area contributed by atoms with Gasteiger partial charge in [0.1, 0.15) is 6.61 Å². The van der Waals surface area contributed by atoms with Crippen LogP contribution >= 0.6 is 0 Å². The highest BCUT2D eigenvalue weighted by molar-refractivity contribution is 5.94. The lowest BCUT2D eigenvalue weighted by Gasteiger charge is -2.10. The molecule has 126 valence electrons. The van der Waals surface area contributed by atoms with Gasteiger partial charge in [0.05, 0.1) is 6.54 Å². The van der Waals surface area contributed by atoms with Crippen molar-refractivity contribution in [3.63, 3.8) is 0 Å². The van der Waals surface area contributed by atoms with E-state index < -0.39 is 0 Å². The Morgan fingerprint density at radius 1 is 0.917 bits per heavy atom. The molecule has 2 amide bonds. The third-order valence-corrected chi connectivity index (χ3v) is 3.18. The molecule has 0 bridgehead atoms. The zero-order valence-electron chi connectivity index (χ0n) is 13.8. The van der Waals surface area contributed by atoms with Crippen LogP contribution < -0.4 is 16.0 Å². The number of carbonyl (C=O) groups is 2. The molecule has 0 radical (unpaired) electrons. The molecule has 0 spiro atoms. The summed E-state index contributed by atoms with van der Waals surface area (Å²) in [6.45, 7) is 2.09. The maximum absolute atomic E-state index is 12.0. The van der Waals surface area contributed by atoms with Crippen LogP contribution in [0.15, 0.2) is 48.5 Å². The Bertz CT molecular complexity index is 716. The fraction of sp³-hybridized carbons (Fsp3) is 0.222. The predicted octanol–water partition coefficient (Wildman–Crippen LogP) is 2.63. The molecule has 0 fully saturated rings. The maximum atomic E-state index is 12.0. The third kappa shape index (κ3) is 5.73. The molecule has 2 rings (SSSR count). The zero-order valence-corrected chi connectivity index (χ0v) is 13.8. The van der Waals surface area contributed by atoms with E-state index in [1.807, 2.05) is 37.3 Å². The average molecular weight is 327 g/mol. The molecule has 2 aromatic carbocycles. The average Bonchev–Trinajstić information content (AvgIpc) is 2.53. The molecular weight excluding hydrogens is 306 g/mol. The molecule has 2 aromatic rings. The largest absolute Gasteiger partial charge is 0.376 e. The minimum absolute atomic E-state index is 0.00342. The summed E-state index contributed by atoms with van der Waals surface area (Å²) in [6, 6.07) is 14.8. The standard InChI is InChI=1S/C18H21N3O3/c1-13-5-3-7-15(9-13)20-17(22)11-19-14-6-4-8-16(10-14)21-18(23)12-24-2/h3-10,19H,11-12H2,1-2H3,(H,20,22)(H,21,23). The highest BCUT2D eigenvalue weighted by Crippen LogP contribution is 2.15. The number of nitrogens with one attached hydrogen (secondary N) is 3. The summed E-state index contributed by atoms with van der Waals surface area (Å²) in [7, 11) is 1.46. The number of rotatable bonds is 7. The van der Waals surface area contributed by atoms with Crippen molar-refractivity contribution in [1.29, 1.82) is 0 Å². The van der Waals surface area contributed by atoms with Crippen LogP contribution in [0.3, 0.4) is 0 Å². The summed E-state index contributed by atoms with van der Waals surface area (Å²) in [5.74, 6) is -0.374. The van der Waals surface area contributed by atoms with Crippen molar-refractivity contribution in [3.8, 4) is 0 Å². The van der Waals surface area contributed by atoms with Crippen molar-refractivity contribution in [1.82, 2.24) is 0 Å². The quantitative estimate of drug-likeness (QED) is 0.730. The fourth-order valence-electron chi connectivity index (χ4n) is 2.15. The molecule has 0 aliphatic heterocycles. The predicted molar refractivity (Wildman–Crippen MR) is 95.2 cm³/mol. The van der Waals surface area contributed by atoms with E-state index in [1.54, 1.807) is 18.2 Å². The summed E-state index contributed by atoms with van der Waals surface area (Å²) in [5, 5.41) is 8.57. The first-order chi connectivity index (χ1) is 11.6. The second-order valence-corrected chi connectivity index (χ2v) is 5.33.